The van der Waals surface area contributed by atoms with Crippen molar-refractivity contribution in [1.29, 1.82) is 0 Å². The standard InChI is InChI=1S/C19H25N3O5S/c1-11(2)10-15(16(23)20-14(18(25)26)8-9-28-3)22-17(24)12-6-4-5-7-13(12)21-19(22)27/h4-7,11,14-15H,8-10H2,1-3H3,(H,20,23)(H,21,27)(H,25,26). The van der Waals surface area contributed by atoms with Crippen LogP contribution < -0.4 is 16.6 Å². The largest absolute Gasteiger partial charge is 0.480 e. The molecule has 0 saturated heterocycles. The minimum absolute atomic E-state index is 0.00277. The van der Waals surface area contributed by atoms with Gasteiger partial charge in [0.25, 0.3) is 5.56 Å². The summed E-state index contributed by atoms with van der Waals surface area (Å²) in [5.74, 6) is -1.23. The number of thioether (sulfide) groups is 1. The summed E-state index contributed by atoms with van der Waals surface area (Å²) in [5.41, 5.74) is -0.877. The lowest BCUT2D eigenvalue weighted by Gasteiger charge is -2.23. The van der Waals surface area contributed by atoms with Gasteiger partial charge >= 0.3 is 11.7 Å². The number of aromatic nitrogens is 2. The van der Waals surface area contributed by atoms with Gasteiger partial charge in [-0.1, -0.05) is 26.0 Å². The lowest BCUT2D eigenvalue weighted by atomic mass is 10.0. The molecule has 8 nitrogen and oxygen atoms in total. The second-order valence-corrected chi connectivity index (χ2v) is 7.96. The number of benzene rings is 1. The molecule has 9 heteroatoms. The van der Waals surface area contributed by atoms with Gasteiger partial charge in [-0.2, -0.15) is 11.8 Å². The number of carbonyl (C=O) groups is 2. The van der Waals surface area contributed by atoms with Crippen LogP contribution in [0, 0.1) is 5.92 Å². The van der Waals surface area contributed by atoms with Crippen LogP contribution in [-0.4, -0.2) is 44.6 Å². The van der Waals surface area contributed by atoms with E-state index in [-0.39, 0.29) is 18.8 Å². The van der Waals surface area contributed by atoms with Crippen molar-refractivity contribution in [2.45, 2.75) is 38.8 Å². The predicted octanol–water partition coefficient (Wildman–Crippen LogP) is 1.60. The number of carboxylic acids is 1. The first-order valence-electron chi connectivity index (χ1n) is 9.02. The van der Waals surface area contributed by atoms with Crippen molar-refractivity contribution < 1.29 is 14.7 Å². The summed E-state index contributed by atoms with van der Waals surface area (Å²) in [6.45, 7) is 3.73. The summed E-state index contributed by atoms with van der Waals surface area (Å²) >= 11 is 1.47. The summed E-state index contributed by atoms with van der Waals surface area (Å²) in [7, 11) is 0. The number of nitrogens with one attached hydrogen (secondary N) is 2. The molecule has 2 atom stereocenters. The van der Waals surface area contributed by atoms with Crippen molar-refractivity contribution >= 4 is 34.5 Å². The second-order valence-electron chi connectivity index (χ2n) is 6.98. The van der Waals surface area contributed by atoms with Gasteiger partial charge in [-0.15, -0.1) is 0 Å². The average molecular weight is 407 g/mol. The first-order valence-corrected chi connectivity index (χ1v) is 10.4. The van der Waals surface area contributed by atoms with Crippen LogP contribution in [-0.2, 0) is 9.59 Å². The molecule has 3 N–H and O–H groups in total. The maximum atomic E-state index is 12.9. The van der Waals surface area contributed by atoms with Gasteiger partial charge in [-0.05, 0) is 42.9 Å². The molecule has 0 spiro atoms. The minimum Gasteiger partial charge on any atom is -0.480 e. The van der Waals surface area contributed by atoms with E-state index in [0.29, 0.717) is 16.7 Å². The van der Waals surface area contributed by atoms with E-state index in [2.05, 4.69) is 10.3 Å². The number of carboxylic acid groups (broad SMARTS) is 1. The van der Waals surface area contributed by atoms with Gasteiger partial charge in [-0.3, -0.25) is 9.59 Å². The molecule has 0 aliphatic rings. The molecule has 1 aromatic carbocycles. The molecule has 1 amide bonds. The molecule has 2 unspecified atom stereocenters. The van der Waals surface area contributed by atoms with Crippen LogP contribution in [0.3, 0.4) is 0 Å². The number of aliphatic carboxylic acids is 1. The van der Waals surface area contributed by atoms with Gasteiger partial charge in [0.05, 0.1) is 10.9 Å². The first kappa shape index (κ1) is 21.7. The van der Waals surface area contributed by atoms with Crippen LogP contribution in [0.2, 0.25) is 0 Å². The summed E-state index contributed by atoms with van der Waals surface area (Å²) in [6, 6.07) is 4.38. The highest BCUT2D eigenvalue weighted by Crippen LogP contribution is 2.17. The van der Waals surface area contributed by atoms with Crippen LogP contribution in [0.1, 0.15) is 32.7 Å². The van der Waals surface area contributed by atoms with E-state index in [4.69, 9.17) is 0 Å². The Bertz CT molecular complexity index is 966. The van der Waals surface area contributed by atoms with Crippen molar-refractivity contribution in [3.05, 3.63) is 45.1 Å². The van der Waals surface area contributed by atoms with Gasteiger partial charge in [0.2, 0.25) is 5.91 Å². The molecule has 2 aromatic rings. The fraction of sp³-hybridized carbons (Fsp3) is 0.474. The fourth-order valence-electron chi connectivity index (χ4n) is 3.00. The summed E-state index contributed by atoms with van der Waals surface area (Å²) in [5, 5.41) is 12.2. The monoisotopic (exact) mass is 407 g/mol. The van der Waals surface area contributed by atoms with Crippen molar-refractivity contribution in [3.8, 4) is 0 Å². The quantitative estimate of drug-likeness (QED) is 0.580. The van der Waals surface area contributed by atoms with Gasteiger partial charge in [0.15, 0.2) is 0 Å². The van der Waals surface area contributed by atoms with Crippen LogP contribution in [0.15, 0.2) is 33.9 Å². The highest BCUT2D eigenvalue weighted by molar-refractivity contribution is 7.98. The highest BCUT2D eigenvalue weighted by atomic mass is 32.2. The normalized spacial score (nSPS) is 13.4. The number of carbonyl (C=O) groups excluding carboxylic acids is 1. The topological polar surface area (TPSA) is 121 Å². The maximum Gasteiger partial charge on any atom is 0.329 e. The van der Waals surface area contributed by atoms with E-state index >= 15 is 0 Å². The van der Waals surface area contributed by atoms with Crippen LogP contribution in [0.4, 0.5) is 0 Å². The lowest BCUT2D eigenvalue weighted by molar-refractivity contribution is -0.142. The van der Waals surface area contributed by atoms with E-state index in [9.17, 15) is 24.3 Å². The molecular formula is C19H25N3O5S. The zero-order chi connectivity index (χ0) is 20.8. The molecule has 2 rings (SSSR count). The SMILES string of the molecule is CSCCC(NC(=O)C(CC(C)C)n1c(=O)[nH]c2ccccc2c1=O)C(=O)O. The third kappa shape index (κ3) is 5.03. The molecule has 28 heavy (non-hydrogen) atoms. The van der Waals surface area contributed by atoms with Gasteiger partial charge in [0, 0.05) is 0 Å². The number of hydrogen-bond acceptors (Lipinski definition) is 5. The Morgan fingerprint density at radius 1 is 1.25 bits per heavy atom. The Kier molecular flexibility index (Phi) is 7.45. The van der Waals surface area contributed by atoms with E-state index in [1.165, 1.54) is 11.8 Å². The Labute approximate surface area is 166 Å². The number of aromatic amines is 1. The maximum absolute atomic E-state index is 12.9. The van der Waals surface area contributed by atoms with Gasteiger partial charge in [-0.25, -0.2) is 14.2 Å². The smallest absolute Gasteiger partial charge is 0.329 e. The lowest BCUT2D eigenvalue weighted by Crippen LogP contribution is -2.49. The predicted molar refractivity (Wildman–Crippen MR) is 110 cm³/mol. The Balaban J connectivity index is 2.48. The third-order valence-electron chi connectivity index (χ3n) is 4.37. The van der Waals surface area contributed by atoms with E-state index < -0.39 is 35.2 Å². The van der Waals surface area contributed by atoms with Gasteiger partial charge in [0.1, 0.15) is 12.1 Å². The molecule has 0 saturated carbocycles. The Morgan fingerprint density at radius 2 is 1.93 bits per heavy atom. The van der Waals surface area contributed by atoms with Crippen molar-refractivity contribution in [2.24, 2.45) is 5.92 Å². The molecule has 1 aromatic heterocycles. The van der Waals surface area contributed by atoms with E-state index in [1.54, 1.807) is 24.3 Å². The summed E-state index contributed by atoms with van der Waals surface area (Å²) in [6.07, 6.45) is 2.32. The number of rotatable bonds is 9. The number of H-pyrrole nitrogens is 1. The summed E-state index contributed by atoms with van der Waals surface area (Å²) in [4.78, 5) is 52.5. The molecule has 1 heterocycles. The highest BCUT2D eigenvalue weighted by Gasteiger charge is 2.29. The number of para-hydroxylation sites is 1. The molecule has 0 fully saturated rings. The third-order valence-corrected chi connectivity index (χ3v) is 5.01. The molecular weight excluding hydrogens is 382 g/mol. The molecule has 0 radical (unpaired) electrons. The fourth-order valence-corrected chi connectivity index (χ4v) is 3.47. The molecule has 152 valence electrons. The molecule has 0 aliphatic carbocycles. The van der Waals surface area contributed by atoms with Gasteiger partial charge < -0.3 is 15.4 Å². The Hall–Kier alpha value is -2.55. The number of hydrogen-bond donors (Lipinski definition) is 3. The number of amides is 1. The second kappa shape index (κ2) is 9.59. The summed E-state index contributed by atoms with van der Waals surface area (Å²) < 4.78 is 0.894. The first-order chi connectivity index (χ1) is 13.3. The minimum atomic E-state index is -1.15. The van der Waals surface area contributed by atoms with Crippen molar-refractivity contribution in [2.75, 3.05) is 12.0 Å². The van der Waals surface area contributed by atoms with Crippen molar-refractivity contribution in [3.63, 3.8) is 0 Å². The molecule has 0 aliphatic heterocycles. The van der Waals surface area contributed by atoms with Crippen LogP contribution in [0.25, 0.3) is 10.9 Å². The van der Waals surface area contributed by atoms with E-state index in [0.717, 1.165) is 4.57 Å². The number of fused-ring (bicyclic) bond motifs is 1. The molecule has 0 bridgehead atoms. The van der Waals surface area contributed by atoms with Crippen LogP contribution in [0.5, 0.6) is 0 Å². The van der Waals surface area contributed by atoms with Crippen molar-refractivity contribution in [1.82, 2.24) is 14.9 Å². The van der Waals surface area contributed by atoms with E-state index in [1.807, 2.05) is 20.1 Å². The number of nitrogens with zero attached hydrogens (tertiary/aromatic N) is 1. The Morgan fingerprint density at radius 3 is 2.54 bits per heavy atom. The zero-order valence-corrected chi connectivity index (χ0v) is 16.9. The van der Waals surface area contributed by atoms with Crippen LogP contribution >= 0.6 is 11.8 Å². The zero-order valence-electron chi connectivity index (χ0n) is 16.1. The average Bonchev–Trinajstić information content (AvgIpc) is 2.63.